The van der Waals surface area contributed by atoms with Crippen molar-refractivity contribution >= 4 is 11.6 Å². The smallest absolute Gasteiger partial charge is 0.119 e. The molecule has 0 aliphatic heterocycles. The van der Waals surface area contributed by atoms with Crippen LogP contribution < -0.4 is 4.74 Å². The van der Waals surface area contributed by atoms with Crippen molar-refractivity contribution in [1.29, 1.82) is 0 Å². The molecule has 1 aromatic carbocycles. The predicted molar refractivity (Wildman–Crippen MR) is 78.7 cm³/mol. The maximum absolute atomic E-state index is 6.03. The number of nitrogens with zero attached hydrogens (tertiary/aromatic N) is 1. The molecule has 1 atom stereocenters. The first-order chi connectivity index (χ1) is 9.20. The van der Waals surface area contributed by atoms with E-state index < -0.39 is 0 Å². The molecule has 0 radical (unpaired) electrons. The summed E-state index contributed by atoms with van der Waals surface area (Å²) in [5.74, 6) is 1.45. The summed E-state index contributed by atoms with van der Waals surface area (Å²) in [6.07, 6.45) is 4.50. The van der Waals surface area contributed by atoms with E-state index in [4.69, 9.17) is 16.3 Å². The second-order valence-electron chi connectivity index (χ2n) is 4.63. The SMILES string of the molecule is CCC(C)c1ccc(OCc2ccncc2Cl)cc1. The number of rotatable bonds is 5. The van der Waals surface area contributed by atoms with Crippen LogP contribution in [0, 0.1) is 0 Å². The van der Waals surface area contributed by atoms with E-state index in [1.165, 1.54) is 5.56 Å². The highest BCUT2D eigenvalue weighted by Crippen LogP contribution is 2.22. The van der Waals surface area contributed by atoms with Gasteiger partial charge in [0.15, 0.2) is 0 Å². The van der Waals surface area contributed by atoms with Crippen molar-refractivity contribution < 1.29 is 4.74 Å². The Labute approximate surface area is 119 Å². The molecule has 0 N–H and O–H groups in total. The van der Waals surface area contributed by atoms with E-state index in [0.717, 1.165) is 17.7 Å². The number of halogens is 1. The summed E-state index contributed by atoms with van der Waals surface area (Å²) in [5, 5.41) is 0.638. The van der Waals surface area contributed by atoms with Crippen molar-refractivity contribution in [2.45, 2.75) is 32.8 Å². The first kappa shape index (κ1) is 13.9. The minimum absolute atomic E-state index is 0.462. The Kier molecular flexibility index (Phi) is 4.80. The third-order valence-corrected chi connectivity index (χ3v) is 3.65. The summed E-state index contributed by atoms with van der Waals surface area (Å²) in [5.41, 5.74) is 2.29. The van der Waals surface area contributed by atoms with Gasteiger partial charge in [0.2, 0.25) is 0 Å². The van der Waals surface area contributed by atoms with Gasteiger partial charge in [-0.25, -0.2) is 0 Å². The quantitative estimate of drug-likeness (QED) is 0.780. The van der Waals surface area contributed by atoms with E-state index in [2.05, 4.69) is 31.0 Å². The molecule has 1 heterocycles. The van der Waals surface area contributed by atoms with Crippen molar-refractivity contribution in [3.8, 4) is 5.75 Å². The average Bonchev–Trinajstić information content (AvgIpc) is 2.46. The number of pyridine rings is 1. The van der Waals surface area contributed by atoms with Gasteiger partial charge in [-0.3, -0.25) is 4.98 Å². The number of ether oxygens (including phenoxy) is 1. The van der Waals surface area contributed by atoms with Crippen LogP contribution in [0.5, 0.6) is 5.75 Å². The van der Waals surface area contributed by atoms with E-state index in [1.54, 1.807) is 12.4 Å². The Morgan fingerprint density at radius 3 is 2.58 bits per heavy atom. The number of hydrogen-bond acceptors (Lipinski definition) is 2. The number of hydrogen-bond donors (Lipinski definition) is 0. The Morgan fingerprint density at radius 2 is 1.95 bits per heavy atom. The van der Waals surface area contributed by atoms with E-state index >= 15 is 0 Å². The summed E-state index contributed by atoms with van der Waals surface area (Å²) in [6.45, 7) is 4.89. The molecule has 0 fully saturated rings. The van der Waals surface area contributed by atoms with Crippen LogP contribution in [0.25, 0.3) is 0 Å². The second-order valence-corrected chi connectivity index (χ2v) is 5.04. The zero-order valence-electron chi connectivity index (χ0n) is 11.3. The zero-order valence-corrected chi connectivity index (χ0v) is 12.0. The summed E-state index contributed by atoms with van der Waals surface area (Å²) in [6, 6.07) is 10.1. The van der Waals surface area contributed by atoms with Gasteiger partial charge >= 0.3 is 0 Å². The summed E-state index contributed by atoms with van der Waals surface area (Å²) >= 11 is 6.03. The number of aromatic nitrogens is 1. The highest BCUT2D eigenvalue weighted by molar-refractivity contribution is 6.31. The van der Waals surface area contributed by atoms with E-state index in [0.29, 0.717) is 17.5 Å². The van der Waals surface area contributed by atoms with Crippen LogP contribution in [-0.4, -0.2) is 4.98 Å². The lowest BCUT2D eigenvalue weighted by molar-refractivity contribution is 0.306. The van der Waals surface area contributed by atoms with Gasteiger partial charge in [0.1, 0.15) is 12.4 Å². The van der Waals surface area contributed by atoms with Crippen molar-refractivity contribution in [2.24, 2.45) is 0 Å². The second kappa shape index (κ2) is 6.58. The Morgan fingerprint density at radius 1 is 1.21 bits per heavy atom. The van der Waals surface area contributed by atoms with Gasteiger partial charge in [0, 0.05) is 18.0 Å². The molecule has 0 aliphatic rings. The van der Waals surface area contributed by atoms with E-state index in [9.17, 15) is 0 Å². The molecule has 0 aliphatic carbocycles. The molecule has 1 aromatic heterocycles. The first-order valence-electron chi connectivity index (χ1n) is 6.52. The molecule has 0 saturated heterocycles. The summed E-state index contributed by atoms with van der Waals surface area (Å²) in [7, 11) is 0. The lowest BCUT2D eigenvalue weighted by atomic mass is 9.99. The normalized spacial score (nSPS) is 12.2. The van der Waals surface area contributed by atoms with Crippen LogP contribution in [-0.2, 0) is 6.61 Å². The maximum atomic E-state index is 6.03. The standard InChI is InChI=1S/C16H18ClNO/c1-3-12(2)13-4-6-15(7-5-13)19-11-14-8-9-18-10-16(14)17/h4-10,12H,3,11H2,1-2H3. The third-order valence-electron chi connectivity index (χ3n) is 3.31. The molecule has 1 unspecified atom stereocenters. The molecule has 0 spiro atoms. The molecule has 2 aromatic rings. The van der Waals surface area contributed by atoms with Crippen LogP contribution in [0.1, 0.15) is 37.3 Å². The highest BCUT2D eigenvalue weighted by atomic mass is 35.5. The van der Waals surface area contributed by atoms with Gasteiger partial charge in [-0.05, 0) is 36.1 Å². The van der Waals surface area contributed by atoms with Crippen molar-refractivity contribution in [1.82, 2.24) is 4.98 Å². The lowest BCUT2D eigenvalue weighted by Crippen LogP contribution is -1.97. The third kappa shape index (κ3) is 3.71. The van der Waals surface area contributed by atoms with Crippen LogP contribution in [0.2, 0.25) is 5.02 Å². The molecular formula is C16H18ClNO. The number of benzene rings is 1. The van der Waals surface area contributed by atoms with E-state index in [1.807, 2.05) is 18.2 Å². The molecule has 0 bridgehead atoms. The van der Waals surface area contributed by atoms with Crippen molar-refractivity contribution in [3.63, 3.8) is 0 Å². The van der Waals surface area contributed by atoms with Gasteiger partial charge in [-0.1, -0.05) is 37.6 Å². The maximum Gasteiger partial charge on any atom is 0.119 e. The molecule has 2 rings (SSSR count). The van der Waals surface area contributed by atoms with Crippen LogP contribution in [0.15, 0.2) is 42.7 Å². The van der Waals surface area contributed by atoms with Crippen LogP contribution in [0.4, 0.5) is 0 Å². The largest absolute Gasteiger partial charge is 0.489 e. The molecule has 19 heavy (non-hydrogen) atoms. The molecular weight excluding hydrogens is 258 g/mol. The van der Waals surface area contributed by atoms with Crippen molar-refractivity contribution in [3.05, 3.63) is 58.9 Å². The zero-order chi connectivity index (χ0) is 13.7. The van der Waals surface area contributed by atoms with E-state index in [-0.39, 0.29) is 0 Å². The Balaban J connectivity index is 1.99. The first-order valence-corrected chi connectivity index (χ1v) is 6.89. The van der Waals surface area contributed by atoms with Gasteiger partial charge in [0.25, 0.3) is 0 Å². The fourth-order valence-electron chi connectivity index (χ4n) is 1.81. The summed E-state index contributed by atoms with van der Waals surface area (Å²) in [4.78, 5) is 3.95. The molecule has 0 saturated carbocycles. The predicted octanol–water partition coefficient (Wildman–Crippen LogP) is 4.83. The van der Waals surface area contributed by atoms with Gasteiger partial charge in [-0.15, -0.1) is 0 Å². The van der Waals surface area contributed by atoms with Crippen LogP contribution in [0.3, 0.4) is 0 Å². The van der Waals surface area contributed by atoms with Gasteiger partial charge < -0.3 is 4.74 Å². The minimum atomic E-state index is 0.462. The Bertz CT molecular complexity index is 525. The topological polar surface area (TPSA) is 22.1 Å². The Hall–Kier alpha value is -1.54. The average molecular weight is 276 g/mol. The fourth-order valence-corrected chi connectivity index (χ4v) is 1.98. The molecule has 0 amide bonds. The molecule has 3 heteroatoms. The monoisotopic (exact) mass is 275 g/mol. The molecule has 100 valence electrons. The van der Waals surface area contributed by atoms with Crippen molar-refractivity contribution in [2.75, 3.05) is 0 Å². The van der Waals surface area contributed by atoms with Gasteiger partial charge in [-0.2, -0.15) is 0 Å². The van der Waals surface area contributed by atoms with Gasteiger partial charge in [0.05, 0.1) is 5.02 Å². The fraction of sp³-hybridized carbons (Fsp3) is 0.312. The minimum Gasteiger partial charge on any atom is -0.489 e. The highest BCUT2D eigenvalue weighted by Gasteiger charge is 2.04. The molecule has 2 nitrogen and oxygen atoms in total. The summed E-state index contributed by atoms with van der Waals surface area (Å²) < 4.78 is 5.73. The lowest BCUT2D eigenvalue weighted by Gasteiger charge is -2.11. The van der Waals surface area contributed by atoms with Crippen LogP contribution >= 0.6 is 11.6 Å².